The molecule has 0 radical (unpaired) electrons. The second-order valence-electron chi connectivity index (χ2n) is 3.92. The van der Waals surface area contributed by atoms with Crippen molar-refractivity contribution in [3.63, 3.8) is 0 Å². The van der Waals surface area contributed by atoms with Gasteiger partial charge in [-0.2, -0.15) is 0 Å². The van der Waals surface area contributed by atoms with Crippen molar-refractivity contribution in [3.8, 4) is 0 Å². The average molecular weight is 170 g/mol. The maximum atomic E-state index is 5.67. The molecule has 0 aromatic carbocycles. The number of nitrogens with two attached hydrogens (primary N) is 1. The minimum absolute atomic E-state index is 0.757. The second kappa shape index (κ2) is 5.55. The van der Waals surface area contributed by atoms with Crippen molar-refractivity contribution in [2.75, 3.05) is 13.1 Å². The van der Waals surface area contributed by atoms with Gasteiger partial charge in [0, 0.05) is 6.04 Å². The van der Waals surface area contributed by atoms with E-state index in [1.807, 2.05) is 0 Å². The van der Waals surface area contributed by atoms with E-state index in [9.17, 15) is 0 Å². The van der Waals surface area contributed by atoms with Crippen LogP contribution in [0.2, 0.25) is 0 Å². The van der Waals surface area contributed by atoms with E-state index in [2.05, 4.69) is 12.2 Å². The fraction of sp³-hybridized carbons (Fsp3) is 1.00. The van der Waals surface area contributed by atoms with Crippen LogP contribution in [0, 0.1) is 5.92 Å². The first kappa shape index (κ1) is 10.0. The SMILES string of the molecule is CCCCC1CC(CN)CCN1. The summed E-state index contributed by atoms with van der Waals surface area (Å²) >= 11 is 0. The molecule has 72 valence electrons. The largest absolute Gasteiger partial charge is 0.330 e. The van der Waals surface area contributed by atoms with Crippen LogP contribution >= 0.6 is 0 Å². The Bertz CT molecular complexity index is 114. The van der Waals surface area contributed by atoms with Gasteiger partial charge in [0.2, 0.25) is 0 Å². The van der Waals surface area contributed by atoms with E-state index < -0.39 is 0 Å². The third kappa shape index (κ3) is 3.11. The first-order valence-corrected chi connectivity index (χ1v) is 5.30. The minimum Gasteiger partial charge on any atom is -0.330 e. The van der Waals surface area contributed by atoms with Crippen LogP contribution in [0.3, 0.4) is 0 Å². The number of piperidine rings is 1. The van der Waals surface area contributed by atoms with E-state index in [-0.39, 0.29) is 0 Å². The van der Waals surface area contributed by atoms with Gasteiger partial charge in [-0.05, 0) is 38.3 Å². The van der Waals surface area contributed by atoms with Crippen molar-refractivity contribution in [3.05, 3.63) is 0 Å². The van der Waals surface area contributed by atoms with Crippen LogP contribution in [0.25, 0.3) is 0 Å². The molecule has 2 heteroatoms. The molecule has 2 nitrogen and oxygen atoms in total. The topological polar surface area (TPSA) is 38.0 Å². The standard InChI is InChI=1S/C10H22N2/c1-2-3-4-10-7-9(8-11)5-6-12-10/h9-10,12H,2-8,11H2,1H3. The highest BCUT2D eigenvalue weighted by molar-refractivity contribution is 4.78. The summed E-state index contributed by atoms with van der Waals surface area (Å²) in [5, 5.41) is 3.56. The zero-order chi connectivity index (χ0) is 8.81. The summed E-state index contributed by atoms with van der Waals surface area (Å²) in [5.41, 5.74) is 5.67. The minimum atomic E-state index is 0.757. The van der Waals surface area contributed by atoms with Gasteiger partial charge in [0.25, 0.3) is 0 Å². The summed E-state index contributed by atoms with van der Waals surface area (Å²) in [6.07, 6.45) is 6.59. The van der Waals surface area contributed by atoms with Gasteiger partial charge in [0.1, 0.15) is 0 Å². The number of rotatable bonds is 4. The Balaban J connectivity index is 2.16. The normalized spacial score (nSPS) is 30.5. The molecule has 1 heterocycles. The first-order valence-electron chi connectivity index (χ1n) is 5.30. The van der Waals surface area contributed by atoms with Crippen molar-refractivity contribution >= 4 is 0 Å². The summed E-state index contributed by atoms with van der Waals surface area (Å²) in [5.74, 6) is 0.785. The molecule has 1 rings (SSSR count). The van der Waals surface area contributed by atoms with Crippen molar-refractivity contribution in [1.29, 1.82) is 0 Å². The smallest absolute Gasteiger partial charge is 0.00701 e. The lowest BCUT2D eigenvalue weighted by atomic mass is 9.90. The molecule has 0 saturated carbocycles. The fourth-order valence-electron chi connectivity index (χ4n) is 1.98. The van der Waals surface area contributed by atoms with Gasteiger partial charge in [-0.3, -0.25) is 0 Å². The van der Waals surface area contributed by atoms with Crippen molar-refractivity contribution in [2.24, 2.45) is 11.7 Å². The molecular formula is C10H22N2. The number of unbranched alkanes of at least 4 members (excludes halogenated alkanes) is 1. The Kier molecular flexibility index (Phi) is 4.62. The van der Waals surface area contributed by atoms with Crippen molar-refractivity contribution in [2.45, 2.75) is 45.1 Å². The Morgan fingerprint density at radius 3 is 3.00 bits per heavy atom. The Morgan fingerprint density at radius 2 is 2.33 bits per heavy atom. The third-order valence-electron chi connectivity index (χ3n) is 2.84. The molecule has 12 heavy (non-hydrogen) atoms. The monoisotopic (exact) mass is 170 g/mol. The molecule has 1 fully saturated rings. The molecule has 0 aliphatic carbocycles. The summed E-state index contributed by atoms with van der Waals surface area (Å²) in [4.78, 5) is 0. The summed E-state index contributed by atoms with van der Waals surface area (Å²) < 4.78 is 0. The quantitative estimate of drug-likeness (QED) is 0.671. The van der Waals surface area contributed by atoms with Crippen molar-refractivity contribution in [1.82, 2.24) is 5.32 Å². The fourth-order valence-corrected chi connectivity index (χ4v) is 1.98. The highest BCUT2D eigenvalue weighted by Crippen LogP contribution is 2.18. The molecule has 0 amide bonds. The van der Waals surface area contributed by atoms with Crippen LogP contribution in [0.1, 0.15) is 39.0 Å². The van der Waals surface area contributed by atoms with E-state index in [1.54, 1.807) is 0 Å². The summed E-state index contributed by atoms with van der Waals surface area (Å²) in [6.45, 7) is 4.31. The maximum Gasteiger partial charge on any atom is 0.00701 e. The summed E-state index contributed by atoms with van der Waals surface area (Å²) in [6, 6.07) is 0.757. The zero-order valence-corrected chi connectivity index (χ0v) is 8.18. The van der Waals surface area contributed by atoms with Crippen LogP contribution < -0.4 is 11.1 Å². The number of nitrogens with one attached hydrogen (secondary N) is 1. The number of hydrogen-bond acceptors (Lipinski definition) is 2. The molecule has 2 atom stereocenters. The number of hydrogen-bond donors (Lipinski definition) is 2. The van der Waals surface area contributed by atoms with E-state index in [0.29, 0.717) is 0 Å². The van der Waals surface area contributed by atoms with Gasteiger partial charge < -0.3 is 11.1 Å². The molecule has 2 unspecified atom stereocenters. The Morgan fingerprint density at radius 1 is 1.50 bits per heavy atom. The predicted molar refractivity (Wildman–Crippen MR) is 53.1 cm³/mol. The maximum absolute atomic E-state index is 5.67. The molecule has 1 saturated heterocycles. The highest BCUT2D eigenvalue weighted by Gasteiger charge is 2.19. The first-order chi connectivity index (χ1) is 5.86. The van der Waals surface area contributed by atoms with Crippen LogP contribution in [-0.4, -0.2) is 19.1 Å². The second-order valence-corrected chi connectivity index (χ2v) is 3.92. The molecule has 0 bridgehead atoms. The lowest BCUT2D eigenvalue weighted by Crippen LogP contribution is -2.40. The van der Waals surface area contributed by atoms with Gasteiger partial charge >= 0.3 is 0 Å². The Hall–Kier alpha value is -0.0800. The van der Waals surface area contributed by atoms with Gasteiger partial charge in [0.05, 0.1) is 0 Å². The van der Waals surface area contributed by atoms with E-state index in [0.717, 1.165) is 18.5 Å². The van der Waals surface area contributed by atoms with Crippen LogP contribution in [0.4, 0.5) is 0 Å². The van der Waals surface area contributed by atoms with E-state index in [4.69, 9.17) is 5.73 Å². The van der Waals surface area contributed by atoms with Gasteiger partial charge in [-0.1, -0.05) is 19.8 Å². The highest BCUT2D eigenvalue weighted by atomic mass is 14.9. The summed E-state index contributed by atoms with van der Waals surface area (Å²) in [7, 11) is 0. The van der Waals surface area contributed by atoms with Crippen LogP contribution in [0.15, 0.2) is 0 Å². The predicted octanol–water partition coefficient (Wildman–Crippen LogP) is 1.50. The third-order valence-corrected chi connectivity index (χ3v) is 2.84. The van der Waals surface area contributed by atoms with Crippen LogP contribution in [0.5, 0.6) is 0 Å². The molecule has 0 aromatic heterocycles. The molecule has 1 aliphatic heterocycles. The van der Waals surface area contributed by atoms with Crippen molar-refractivity contribution < 1.29 is 0 Å². The van der Waals surface area contributed by atoms with E-state index in [1.165, 1.54) is 38.6 Å². The van der Waals surface area contributed by atoms with Gasteiger partial charge in [-0.15, -0.1) is 0 Å². The average Bonchev–Trinajstić information content (AvgIpc) is 2.15. The lowest BCUT2D eigenvalue weighted by Gasteiger charge is -2.29. The molecular weight excluding hydrogens is 148 g/mol. The van der Waals surface area contributed by atoms with Gasteiger partial charge in [0.15, 0.2) is 0 Å². The van der Waals surface area contributed by atoms with Crippen LogP contribution in [-0.2, 0) is 0 Å². The lowest BCUT2D eigenvalue weighted by molar-refractivity contribution is 0.292. The molecule has 0 aromatic rings. The van der Waals surface area contributed by atoms with Gasteiger partial charge in [-0.25, -0.2) is 0 Å². The molecule has 0 spiro atoms. The van der Waals surface area contributed by atoms with E-state index >= 15 is 0 Å². The molecule has 1 aliphatic rings. The Labute approximate surface area is 75.9 Å². The zero-order valence-electron chi connectivity index (χ0n) is 8.18. The molecule has 3 N–H and O–H groups in total.